The van der Waals surface area contributed by atoms with Crippen LogP contribution in [0.4, 0.5) is 18.3 Å². The first-order chi connectivity index (χ1) is 8.36. The average Bonchev–Trinajstić information content (AvgIpc) is 2.85. The van der Waals surface area contributed by atoms with Crippen LogP contribution in [0.5, 0.6) is 0 Å². The van der Waals surface area contributed by atoms with Gasteiger partial charge in [-0.1, -0.05) is 22.9 Å². The summed E-state index contributed by atoms with van der Waals surface area (Å²) in [6.07, 6.45) is -3.51. The Morgan fingerprint density at radius 2 is 2.06 bits per heavy atom. The van der Waals surface area contributed by atoms with E-state index in [4.69, 9.17) is 11.6 Å². The molecule has 1 unspecified atom stereocenters. The normalized spacial score (nSPS) is 13.6. The van der Waals surface area contributed by atoms with Crippen LogP contribution in [0.2, 0.25) is 4.34 Å². The second kappa shape index (κ2) is 5.07. The molecular weight excluding hydrogens is 305 g/mol. The fourth-order valence-electron chi connectivity index (χ4n) is 1.29. The summed E-state index contributed by atoms with van der Waals surface area (Å²) < 4.78 is 37.8. The van der Waals surface area contributed by atoms with Crippen molar-refractivity contribution in [2.75, 3.05) is 5.32 Å². The number of aromatic nitrogens is 1. The molecule has 2 nitrogen and oxygen atoms in total. The van der Waals surface area contributed by atoms with Gasteiger partial charge >= 0.3 is 6.18 Å². The standard InChI is InChI=1S/C10H8ClF3N2S2/c1-5(6-2-3-8(11)17-6)16-9-15-4-7(18-9)10(12,13)14/h2-5H,1H3,(H,15,16). The number of alkyl halides is 3. The maximum atomic E-state index is 12.4. The third kappa shape index (κ3) is 3.15. The van der Waals surface area contributed by atoms with Gasteiger partial charge in [-0.25, -0.2) is 4.98 Å². The SMILES string of the molecule is CC(Nc1ncc(C(F)(F)F)s1)c1ccc(Cl)s1. The second-order valence-corrected chi connectivity index (χ2v) is 6.31. The van der Waals surface area contributed by atoms with E-state index in [9.17, 15) is 13.2 Å². The first-order valence-electron chi connectivity index (χ1n) is 4.91. The third-order valence-electron chi connectivity index (χ3n) is 2.15. The number of thiophene rings is 1. The predicted octanol–water partition coefficient (Wildman–Crippen LogP) is 5.05. The Kier molecular flexibility index (Phi) is 3.84. The van der Waals surface area contributed by atoms with Gasteiger partial charge in [0.25, 0.3) is 0 Å². The van der Waals surface area contributed by atoms with Gasteiger partial charge in [-0.15, -0.1) is 11.3 Å². The van der Waals surface area contributed by atoms with Gasteiger partial charge in [-0.05, 0) is 19.1 Å². The van der Waals surface area contributed by atoms with Crippen LogP contribution in [-0.2, 0) is 6.18 Å². The van der Waals surface area contributed by atoms with E-state index in [2.05, 4.69) is 10.3 Å². The van der Waals surface area contributed by atoms with Crippen molar-refractivity contribution >= 4 is 39.4 Å². The molecule has 8 heteroatoms. The first-order valence-corrected chi connectivity index (χ1v) is 6.92. The van der Waals surface area contributed by atoms with Crippen molar-refractivity contribution in [3.63, 3.8) is 0 Å². The minimum absolute atomic E-state index is 0.130. The number of anilines is 1. The van der Waals surface area contributed by atoms with E-state index in [1.165, 1.54) is 11.3 Å². The highest BCUT2D eigenvalue weighted by Gasteiger charge is 2.33. The largest absolute Gasteiger partial charge is 0.427 e. The fraction of sp³-hybridized carbons (Fsp3) is 0.300. The molecule has 0 saturated heterocycles. The highest BCUT2D eigenvalue weighted by atomic mass is 35.5. The van der Waals surface area contributed by atoms with Crippen molar-refractivity contribution in [2.45, 2.75) is 19.1 Å². The summed E-state index contributed by atoms with van der Waals surface area (Å²) in [5, 5.41) is 3.17. The van der Waals surface area contributed by atoms with Gasteiger partial charge in [0.15, 0.2) is 5.13 Å². The highest BCUT2D eigenvalue weighted by Crippen LogP contribution is 2.36. The molecule has 0 aliphatic carbocycles. The molecule has 0 saturated carbocycles. The lowest BCUT2D eigenvalue weighted by molar-refractivity contribution is -0.134. The highest BCUT2D eigenvalue weighted by molar-refractivity contribution is 7.16. The number of nitrogens with zero attached hydrogens (tertiary/aromatic N) is 1. The molecule has 0 fully saturated rings. The average molecular weight is 313 g/mol. The minimum atomic E-state index is -4.34. The molecule has 2 aromatic heterocycles. The Bertz CT molecular complexity index is 535. The van der Waals surface area contributed by atoms with Crippen LogP contribution >= 0.6 is 34.3 Å². The lowest BCUT2D eigenvalue weighted by Gasteiger charge is -2.10. The molecule has 0 spiro atoms. The molecule has 2 heterocycles. The summed E-state index contributed by atoms with van der Waals surface area (Å²) in [6.45, 7) is 1.84. The van der Waals surface area contributed by atoms with E-state index in [-0.39, 0.29) is 11.2 Å². The van der Waals surface area contributed by atoms with Crippen molar-refractivity contribution in [1.82, 2.24) is 4.98 Å². The van der Waals surface area contributed by atoms with E-state index in [0.29, 0.717) is 15.7 Å². The molecule has 2 rings (SSSR count). The van der Waals surface area contributed by atoms with Crippen LogP contribution in [0.3, 0.4) is 0 Å². The van der Waals surface area contributed by atoms with Crippen molar-refractivity contribution in [2.24, 2.45) is 0 Å². The van der Waals surface area contributed by atoms with Crippen molar-refractivity contribution in [3.05, 3.63) is 32.4 Å². The monoisotopic (exact) mass is 312 g/mol. The second-order valence-electron chi connectivity index (χ2n) is 3.54. The lowest BCUT2D eigenvalue weighted by Crippen LogP contribution is -2.04. The zero-order valence-electron chi connectivity index (χ0n) is 9.08. The molecule has 0 bridgehead atoms. The number of halogens is 4. The quantitative estimate of drug-likeness (QED) is 0.858. The summed E-state index contributed by atoms with van der Waals surface area (Å²) in [5.74, 6) is 0. The van der Waals surface area contributed by atoms with Gasteiger partial charge in [0, 0.05) is 4.88 Å². The summed E-state index contributed by atoms with van der Waals surface area (Å²) >= 11 is 7.78. The molecule has 18 heavy (non-hydrogen) atoms. The summed E-state index contributed by atoms with van der Waals surface area (Å²) in [5.41, 5.74) is 0. The lowest BCUT2D eigenvalue weighted by atomic mass is 10.3. The Balaban J connectivity index is 2.08. The molecule has 0 aliphatic rings. The zero-order valence-corrected chi connectivity index (χ0v) is 11.5. The third-order valence-corrected chi connectivity index (χ3v) is 4.53. The maximum Gasteiger partial charge on any atom is 0.427 e. The molecule has 0 aromatic carbocycles. The number of hydrogen-bond donors (Lipinski definition) is 1. The van der Waals surface area contributed by atoms with Gasteiger partial charge in [0.2, 0.25) is 0 Å². The van der Waals surface area contributed by atoms with Crippen LogP contribution < -0.4 is 5.32 Å². The molecule has 0 amide bonds. The Morgan fingerprint density at radius 3 is 2.56 bits per heavy atom. The van der Waals surface area contributed by atoms with Gasteiger partial charge < -0.3 is 5.32 Å². The Labute approximate surface area is 114 Å². The number of thiazole rings is 1. The summed E-state index contributed by atoms with van der Waals surface area (Å²) in [7, 11) is 0. The van der Waals surface area contributed by atoms with E-state index in [1.807, 2.05) is 13.0 Å². The van der Waals surface area contributed by atoms with Gasteiger partial charge in [-0.3, -0.25) is 0 Å². The van der Waals surface area contributed by atoms with Gasteiger partial charge in [0.1, 0.15) is 4.88 Å². The number of rotatable bonds is 3. The van der Waals surface area contributed by atoms with Crippen LogP contribution in [0.15, 0.2) is 18.3 Å². The van der Waals surface area contributed by atoms with Crippen LogP contribution in [0.25, 0.3) is 0 Å². The van der Waals surface area contributed by atoms with Gasteiger partial charge in [-0.2, -0.15) is 13.2 Å². The molecule has 1 atom stereocenters. The van der Waals surface area contributed by atoms with Gasteiger partial charge in [0.05, 0.1) is 16.6 Å². The van der Waals surface area contributed by atoms with Crippen LogP contribution in [0.1, 0.15) is 22.7 Å². The van der Waals surface area contributed by atoms with E-state index in [0.717, 1.165) is 11.1 Å². The molecule has 2 aromatic rings. The molecular formula is C10H8ClF3N2S2. The fourth-order valence-corrected chi connectivity index (χ4v) is 3.12. The summed E-state index contributed by atoms with van der Waals surface area (Å²) in [6, 6.07) is 3.46. The van der Waals surface area contributed by atoms with Crippen LogP contribution in [0, 0.1) is 0 Å². The molecule has 1 N–H and O–H groups in total. The van der Waals surface area contributed by atoms with Crippen LogP contribution in [-0.4, -0.2) is 4.98 Å². The minimum Gasteiger partial charge on any atom is -0.354 e. The predicted molar refractivity (Wildman–Crippen MR) is 68.5 cm³/mol. The van der Waals surface area contributed by atoms with Crippen molar-refractivity contribution < 1.29 is 13.2 Å². The zero-order chi connectivity index (χ0) is 13.3. The Hall–Kier alpha value is -0.790. The molecule has 98 valence electrons. The maximum absolute atomic E-state index is 12.4. The molecule has 0 aliphatic heterocycles. The number of nitrogens with one attached hydrogen (secondary N) is 1. The van der Waals surface area contributed by atoms with E-state index < -0.39 is 11.1 Å². The van der Waals surface area contributed by atoms with E-state index >= 15 is 0 Å². The van der Waals surface area contributed by atoms with Crippen molar-refractivity contribution in [1.29, 1.82) is 0 Å². The number of hydrogen-bond acceptors (Lipinski definition) is 4. The first kappa shape index (κ1) is 13.6. The summed E-state index contributed by atoms with van der Waals surface area (Å²) in [4.78, 5) is 3.95. The topological polar surface area (TPSA) is 24.9 Å². The smallest absolute Gasteiger partial charge is 0.354 e. The molecule has 0 radical (unpaired) electrons. The van der Waals surface area contributed by atoms with E-state index in [1.54, 1.807) is 6.07 Å². The Morgan fingerprint density at radius 1 is 1.33 bits per heavy atom. The van der Waals surface area contributed by atoms with Crippen molar-refractivity contribution in [3.8, 4) is 0 Å².